The Morgan fingerprint density at radius 1 is 1.27 bits per heavy atom. The highest BCUT2D eigenvalue weighted by molar-refractivity contribution is 4.86. The van der Waals surface area contributed by atoms with Crippen molar-refractivity contribution < 1.29 is 4.74 Å². The lowest BCUT2D eigenvalue weighted by Gasteiger charge is -2.43. The fourth-order valence-electron chi connectivity index (χ4n) is 2.88. The molecule has 0 amide bonds. The third-order valence-electron chi connectivity index (χ3n) is 3.48. The van der Waals surface area contributed by atoms with Crippen molar-refractivity contribution in [1.82, 2.24) is 4.90 Å². The Kier molecular flexibility index (Phi) is 5.07. The highest BCUT2D eigenvalue weighted by atomic mass is 16.5. The molecule has 90 valence electrons. The zero-order valence-electron chi connectivity index (χ0n) is 11.0. The van der Waals surface area contributed by atoms with E-state index in [0.29, 0.717) is 18.2 Å². The number of piperidine rings is 1. The van der Waals surface area contributed by atoms with Gasteiger partial charge in [0.05, 0.1) is 12.2 Å². The van der Waals surface area contributed by atoms with Gasteiger partial charge in [-0.1, -0.05) is 13.8 Å². The monoisotopic (exact) mass is 213 g/mol. The summed E-state index contributed by atoms with van der Waals surface area (Å²) >= 11 is 0. The maximum absolute atomic E-state index is 5.96. The van der Waals surface area contributed by atoms with Crippen LogP contribution in [0, 0.1) is 0 Å². The van der Waals surface area contributed by atoms with Gasteiger partial charge in [0, 0.05) is 12.1 Å². The Labute approximate surface area is 95.0 Å². The molecule has 0 aromatic carbocycles. The van der Waals surface area contributed by atoms with E-state index in [2.05, 4.69) is 39.5 Å². The van der Waals surface area contributed by atoms with Crippen molar-refractivity contribution in [3.05, 3.63) is 0 Å². The molecule has 0 aromatic rings. The summed E-state index contributed by atoms with van der Waals surface area (Å²) < 4.78 is 5.96. The molecule has 0 unspecified atom stereocenters. The van der Waals surface area contributed by atoms with Gasteiger partial charge in [-0.05, 0) is 46.6 Å². The minimum atomic E-state index is 0.368. The van der Waals surface area contributed by atoms with Gasteiger partial charge in [0.2, 0.25) is 0 Å². The van der Waals surface area contributed by atoms with Gasteiger partial charge in [0.25, 0.3) is 0 Å². The van der Waals surface area contributed by atoms with Crippen molar-refractivity contribution in [2.75, 3.05) is 6.54 Å². The highest BCUT2D eigenvalue weighted by Gasteiger charge is 2.31. The Morgan fingerprint density at radius 2 is 1.93 bits per heavy atom. The zero-order chi connectivity index (χ0) is 11.4. The van der Waals surface area contributed by atoms with Gasteiger partial charge in [-0.3, -0.25) is 4.90 Å². The molecule has 0 saturated carbocycles. The van der Waals surface area contributed by atoms with Crippen LogP contribution in [0.4, 0.5) is 0 Å². The van der Waals surface area contributed by atoms with E-state index in [-0.39, 0.29) is 0 Å². The number of nitrogens with zero attached hydrogens (tertiary/aromatic N) is 1. The lowest BCUT2D eigenvalue weighted by atomic mass is 9.92. The molecule has 1 saturated heterocycles. The first-order chi connectivity index (χ1) is 7.08. The van der Waals surface area contributed by atoms with E-state index in [1.165, 1.54) is 25.8 Å². The Morgan fingerprint density at radius 3 is 2.40 bits per heavy atom. The third kappa shape index (κ3) is 3.46. The molecule has 0 aliphatic carbocycles. The number of rotatable bonds is 4. The van der Waals surface area contributed by atoms with Crippen LogP contribution < -0.4 is 0 Å². The minimum absolute atomic E-state index is 0.368. The molecule has 2 nitrogen and oxygen atoms in total. The third-order valence-corrected chi connectivity index (χ3v) is 3.48. The average Bonchev–Trinajstić information content (AvgIpc) is 2.15. The standard InChI is InChI=1S/C13H27NO/c1-6-12-9-13(15-10(3)4)8-11(5)14(12)7-2/h10-13H,6-9H2,1-5H3/t11-,12+,13+/m1/s1. The van der Waals surface area contributed by atoms with E-state index in [4.69, 9.17) is 4.74 Å². The Balaban J connectivity index is 2.54. The molecule has 1 fully saturated rings. The number of ether oxygens (including phenoxy) is 1. The number of hydrogen-bond donors (Lipinski definition) is 0. The molecule has 15 heavy (non-hydrogen) atoms. The molecule has 0 radical (unpaired) electrons. The molecular weight excluding hydrogens is 186 g/mol. The summed E-state index contributed by atoms with van der Waals surface area (Å²) in [7, 11) is 0. The van der Waals surface area contributed by atoms with Crippen LogP contribution in [0.5, 0.6) is 0 Å². The molecule has 1 aliphatic rings. The minimum Gasteiger partial charge on any atom is -0.375 e. The summed E-state index contributed by atoms with van der Waals surface area (Å²) in [5, 5.41) is 0. The second-order valence-electron chi connectivity index (χ2n) is 5.02. The van der Waals surface area contributed by atoms with Gasteiger partial charge in [-0.15, -0.1) is 0 Å². The predicted octanol–water partition coefficient (Wildman–Crippen LogP) is 3.06. The Bertz CT molecular complexity index is 181. The lowest BCUT2D eigenvalue weighted by Crippen LogP contribution is -2.50. The first-order valence-electron chi connectivity index (χ1n) is 6.49. The molecule has 0 spiro atoms. The van der Waals surface area contributed by atoms with Crippen LogP contribution in [0.2, 0.25) is 0 Å². The lowest BCUT2D eigenvalue weighted by molar-refractivity contribution is -0.0612. The van der Waals surface area contributed by atoms with E-state index in [9.17, 15) is 0 Å². The highest BCUT2D eigenvalue weighted by Crippen LogP contribution is 2.27. The van der Waals surface area contributed by atoms with Crippen molar-refractivity contribution in [3.63, 3.8) is 0 Å². The zero-order valence-corrected chi connectivity index (χ0v) is 11.0. The molecule has 0 bridgehead atoms. The van der Waals surface area contributed by atoms with Crippen LogP contribution in [0.1, 0.15) is 53.9 Å². The van der Waals surface area contributed by atoms with Crippen molar-refractivity contribution in [1.29, 1.82) is 0 Å². The van der Waals surface area contributed by atoms with Gasteiger partial charge in [-0.25, -0.2) is 0 Å². The van der Waals surface area contributed by atoms with Gasteiger partial charge in [0.1, 0.15) is 0 Å². The van der Waals surface area contributed by atoms with Crippen LogP contribution in [0.25, 0.3) is 0 Å². The maximum atomic E-state index is 5.96. The van der Waals surface area contributed by atoms with Crippen molar-refractivity contribution in [2.24, 2.45) is 0 Å². The van der Waals surface area contributed by atoms with E-state index in [1.54, 1.807) is 0 Å². The molecule has 1 aliphatic heterocycles. The summed E-state index contributed by atoms with van der Waals surface area (Å²) in [6.07, 6.45) is 4.51. The van der Waals surface area contributed by atoms with Gasteiger partial charge < -0.3 is 4.74 Å². The summed E-state index contributed by atoms with van der Waals surface area (Å²) in [5.74, 6) is 0. The smallest absolute Gasteiger partial charge is 0.0608 e. The molecule has 0 aromatic heterocycles. The number of hydrogen-bond acceptors (Lipinski definition) is 2. The molecular formula is C13H27NO. The molecule has 1 rings (SSSR count). The first kappa shape index (κ1) is 13.0. The van der Waals surface area contributed by atoms with Crippen molar-refractivity contribution in [2.45, 2.75) is 78.2 Å². The summed E-state index contributed by atoms with van der Waals surface area (Å²) in [5.41, 5.74) is 0. The predicted molar refractivity (Wildman–Crippen MR) is 65.2 cm³/mol. The number of likely N-dealkylation sites (tertiary alicyclic amines) is 1. The topological polar surface area (TPSA) is 12.5 Å². The van der Waals surface area contributed by atoms with Crippen molar-refractivity contribution in [3.8, 4) is 0 Å². The van der Waals surface area contributed by atoms with E-state index >= 15 is 0 Å². The molecule has 3 atom stereocenters. The van der Waals surface area contributed by atoms with Crippen LogP contribution in [-0.2, 0) is 4.74 Å². The van der Waals surface area contributed by atoms with Gasteiger partial charge in [0.15, 0.2) is 0 Å². The van der Waals surface area contributed by atoms with E-state index in [0.717, 1.165) is 6.04 Å². The van der Waals surface area contributed by atoms with Crippen molar-refractivity contribution >= 4 is 0 Å². The van der Waals surface area contributed by atoms with Gasteiger partial charge >= 0.3 is 0 Å². The van der Waals surface area contributed by atoms with E-state index in [1.807, 2.05) is 0 Å². The second kappa shape index (κ2) is 5.86. The fraction of sp³-hybridized carbons (Fsp3) is 1.00. The SMILES string of the molecule is CC[C@H]1C[C@@H](OC(C)C)C[C@@H](C)N1CC. The van der Waals surface area contributed by atoms with Crippen LogP contribution >= 0.6 is 0 Å². The quantitative estimate of drug-likeness (QED) is 0.711. The van der Waals surface area contributed by atoms with E-state index < -0.39 is 0 Å². The van der Waals surface area contributed by atoms with Crippen LogP contribution in [-0.4, -0.2) is 35.7 Å². The summed E-state index contributed by atoms with van der Waals surface area (Å²) in [6.45, 7) is 12.3. The van der Waals surface area contributed by atoms with Crippen LogP contribution in [0.3, 0.4) is 0 Å². The maximum Gasteiger partial charge on any atom is 0.0608 e. The average molecular weight is 213 g/mol. The molecule has 2 heteroatoms. The largest absolute Gasteiger partial charge is 0.375 e. The first-order valence-corrected chi connectivity index (χ1v) is 6.49. The summed E-state index contributed by atoms with van der Waals surface area (Å²) in [6, 6.07) is 1.40. The van der Waals surface area contributed by atoms with Gasteiger partial charge in [-0.2, -0.15) is 0 Å². The van der Waals surface area contributed by atoms with Crippen LogP contribution in [0.15, 0.2) is 0 Å². The molecule has 1 heterocycles. The fourth-order valence-corrected chi connectivity index (χ4v) is 2.88. The second-order valence-corrected chi connectivity index (χ2v) is 5.02. The summed E-state index contributed by atoms with van der Waals surface area (Å²) in [4.78, 5) is 2.63. The molecule has 0 N–H and O–H groups in total. The normalized spacial score (nSPS) is 33.6. The Hall–Kier alpha value is -0.0800.